The van der Waals surface area contributed by atoms with E-state index in [0.29, 0.717) is 22.4 Å². The van der Waals surface area contributed by atoms with Crippen LogP contribution in [0.4, 0.5) is 5.69 Å². The van der Waals surface area contributed by atoms with Gasteiger partial charge in [0.25, 0.3) is 5.56 Å². The molecule has 7 nitrogen and oxygen atoms in total. The molecule has 2 heterocycles. The molecule has 0 aliphatic carbocycles. The lowest BCUT2D eigenvalue weighted by Gasteiger charge is -2.08. The molecule has 1 aromatic carbocycles. The summed E-state index contributed by atoms with van der Waals surface area (Å²) in [6.07, 6.45) is 1.66. The molecular weight excluding hydrogens is 352 g/mol. The van der Waals surface area contributed by atoms with E-state index in [2.05, 4.69) is 15.6 Å². The fourth-order valence-corrected chi connectivity index (χ4v) is 3.25. The zero-order chi connectivity index (χ0) is 18.5. The van der Waals surface area contributed by atoms with Gasteiger partial charge in [-0.05, 0) is 29.1 Å². The van der Waals surface area contributed by atoms with Crippen LogP contribution in [0, 0.1) is 0 Å². The number of aromatic nitrogens is 2. The molecule has 3 aromatic rings. The first-order valence-corrected chi connectivity index (χ1v) is 8.97. The summed E-state index contributed by atoms with van der Waals surface area (Å²) in [4.78, 5) is 40.3. The monoisotopic (exact) mass is 370 g/mol. The molecule has 0 spiro atoms. The van der Waals surface area contributed by atoms with Gasteiger partial charge in [0.05, 0.1) is 11.7 Å². The van der Waals surface area contributed by atoms with Crippen LogP contribution in [0.1, 0.15) is 18.9 Å². The molecule has 0 aliphatic rings. The molecule has 2 aromatic heterocycles. The first kappa shape index (κ1) is 17.8. The Balaban J connectivity index is 1.55. The Bertz CT molecular complexity index is 1010. The van der Waals surface area contributed by atoms with Crippen molar-refractivity contribution in [2.24, 2.45) is 0 Å². The fourth-order valence-electron chi connectivity index (χ4n) is 2.53. The fraction of sp³-hybridized carbons (Fsp3) is 0.222. The minimum absolute atomic E-state index is 0.132. The number of fused-ring (bicyclic) bond motifs is 1. The lowest BCUT2D eigenvalue weighted by Crippen LogP contribution is -2.27. The number of hydrogen-bond acceptors (Lipinski definition) is 5. The number of amides is 2. The van der Waals surface area contributed by atoms with E-state index in [0.717, 1.165) is 5.56 Å². The van der Waals surface area contributed by atoms with Crippen molar-refractivity contribution >= 4 is 39.1 Å². The molecule has 0 atom stereocenters. The van der Waals surface area contributed by atoms with E-state index in [4.69, 9.17) is 0 Å². The number of nitrogens with zero attached hydrogens (tertiary/aromatic N) is 2. The van der Waals surface area contributed by atoms with Crippen molar-refractivity contribution in [3.8, 4) is 0 Å². The van der Waals surface area contributed by atoms with Gasteiger partial charge in [0.15, 0.2) is 0 Å². The number of anilines is 1. The van der Waals surface area contributed by atoms with Gasteiger partial charge >= 0.3 is 0 Å². The van der Waals surface area contributed by atoms with Gasteiger partial charge in [-0.2, -0.15) is 0 Å². The zero-order valence-corrected chi connectivity index (χ0v) is 15.0. The van der Waals surface area contributed by atoms with Crippen LogP contribution in [-0.4, -0.2) is 21.4 Å². The Morgan fingerprint density at radius 1 is 1.27 bits per heavy atom. The second kappa shape index (κ2) is 7.92. The van der Waals surface area contributed by atoms with Crippen molar-refractivity contribution in [1.82, 2.24) is 14.9 Å². The van der Waals surface area contributed by atoms with Crippen LogP contribution in [0.15, 0.2) is 46.8 Å². The Labute approximate surface area is 153 Å². The first-order chi connectivity index (χ1) is 12.5. The molecule has 0 unspecified atom stereocenters. The highest BCUT2D eigenvalue weighted by Crippen LogP contribution is 2.13. The number of carbonyl (C=O) groups is 2. The molecule has 134 valence electrons. The van der Waals surface area contributed by atoms with Gasteiger partial charge in [-0.3, -0.25) is 19.0 Å². The number of rotatable bonds is 6. The van der Waals surface area contributed by atoms with Crippen molar-refractivity contribution in [3.05, 3.63) is 58.0 Å². The van der Waals surface area contributed by atoms with Crippen LogP contribution >= 0.6 is 11.3 Å². The van der Waals surface area contributed by atoms with E-state index in [1.54, 1.807) is 18.2 Å². The molecule has 0 bridgehead atoms. The minimum atomic E-state index is -0.160. The van der Waals surface area contributed by atoms with Gasteiger partial charge in [-0.15, -0.1) is 11.3 Å². The topological polar surface area (TPSA) is 93.1 Å². The number of carbonyl (C=O) groups excluding carboxylic acids is 2. The summed E-state index contributed by atoms with van der Waals surface area (Å²) in [5.41, 5.74) is 1.43. The Morgan fingerprint density at radius 2 is 2.12 bits per heavy atom. The Hall–Kier alpha value is -3.00. The first-order valence-electron chi connectivity index (χ1n) is 8.09. The number of aryl methyl sites for hydroxylation is 1. The number of thiophene rings is 1. The predicted octanol–water partition coefficient (Wildman–Crippen LogP) is 2.12. The van der Waals surface area contributed by atoms with Crippen LogP contribution in [0.25, 0.3) is 10.2 Å². The molecular formula is C18H18N4O3S. The van der Waals surface area contributed by atoms with E-state index in [1.165, 1.54) is 29.2 Å². The quantitative estimate of drug-likeness (QED) is 0.695. The van der Waals surface area contributed by atoms with Crippen LogP contribution in [0.2, 0.25) is 0 Å². The van der Waals surface area contributed by atoms with Crippen LogP contribution in [0.5, 0.6) is 0 Å². The van der Waals surface area contributed by atoms with Gasteiger partial charge in [-0.25, -0.2) is 4.98 Å². The molecule has 3 rings (SSSR count). The van der Waals surface area contributed by atoms with E-state index < -0.39 is 0 Å². The van der Waals surface area contributed by atoms with E-state index in [9.17, 15) is 14.4 Å². The number of benzene rings is 1. The molecule has 0 radical (unpaired) electrons. The number of nitrogens with one attached hydrogen (secondary N) is 2. The average molecular weight is 370 g/mol. The maximum Gasteiger partial charge on any atom is 0.262 e. The molecule has 0 aliphatic heterocycles. The molecule has 2 amide bonds. The SMILES string of the molecule is CC(=O)Nc1cccc(CNC(=O)CCn2cnc3sccc3c2=O)c1. The summed E-state index contributed by atoms with van der Waals surface area (Å²) < 4.78 is 1.45. The van der Waals surface area contributed by atoms with Gasteiger partial charge in [0, 0.05) is 32.1 Å². The highest BCUT2D eigenvalue weighted by atomic mass is 32.1. The third-order valence-corrected chi connectivity index (χ3v) is 4.59. The van der Waals surface area contributed by atoms with Gasteiger partial charge in [0.1, 0.15) is 4.83 Å². The molecule has 0 saturated carbocycles. The van der Waals surface area contributed by atoms with Crippen molar-refractivity contribution in [2.45, 2.75) is 26.4 Å². The van der Waals surface area contributed by atoms with Crippen LogP contribution < -0.4 is 16.2 Å². The van der Waals surface area contributed by atoms with Crippen molar-refractivity contribution in [1.29, 1.82) is 0 Å². The highest BCUT2D eigenvalue weighted by Gasteiger charge is 2.07. The second-order valence-electron chi connectivity index (χ2n) is 5.79. The molecule has 0 saturated heterocycles. The third kappa shape index (κ3) is 4.34. The van der Waals surface area contributed by atoms with E-state index in [-0.39, 0.29) is 30.3 Å². The van der Waals surface area contributed by atoms with Crippen molar-refractivity contribution in [3.63, 3.8) is 0 Å². The normalized spacial score (nSPS) is 10.7. The maximum atomic E-state index is 12.3. The molecule has 0 fully saturated rings. The second-order valence-corrected chi connectivity index (χ2v) is 6.69. The predicted molar refractivity (Wildman–Crippen MR) is 101 cm³/mol. The summed E-state index contributed by atoms with van der Waals surface area (Å²) in [6, 6.07) is 9.01. The van der Waals surface area contributed by atoms with E-state index in [1.807, 2.05) is 17.5 Å². The van der Waals surface area contributed by atoms with Crippen molar-refractivity contribution < 1.29 is 9.59 Å². The Morgan fingerprint density at radius 3 is 2.92 bits per heavy atom. The molecule has 2 N–H and O–H groups in total. The standard InChI is InChI=1S/C18H18N4O3S/c1-12(23)21-14-4-2-3-13(9-14)10-19-16(24)5-7-22-11-20-17-15(18(22)25)6-8-26-17/h2-4,6,8-9,11H,5,7,10H2,1H3,(H,19,24)(H,21,23). The summed E-state index contributed by atoms with van der Waals surface area (Å²) in [7, 11) is 0. The maximum absolute atomic E-state index is 12.3. The Kier molecular flexibility index (Phi) is 5.43. The zero-order valence-electron chi connectivity index (χ0n) is 14.2. The third-order valence-electron chi connectivity index (χ3n) is 3.77. The highest BCUT2D eigenvalue weighted by molar-refractivity contribution is 7.16. The molecule has 26 heavy (non-hydrogen) atoms. The number of hydrogen-bond donors (Lipinski definition) is 2. The van der Waals surface area contributed by atoms with Gasteiger partial charge in [-0.1, -0.05) is 12.1 Å². The lowest BCUT2D eigenvalue weighted by molar-refractivity contribution is -0.121. The van der Waals surface area contributed by atoms with Crippen LogP contribution in [-0.2, 0) is 22.7 Å². The van der Waals surface area contributed by atoms with E-state index >= 15 is 0 Å². The van der Waals surface area contributed by atoms with Gasteiger partial charge in [0.2, 0.25) is 11.8 Å². The largest absolute Gasteiger partial charge is 0.352 e. The van der Waals surface area contributed by atoms with Crippen LogP contribution in [0.3, 0.4) is 0 Å². The summed E-state index contributed by atoms with van der Waals surface area (Å²) in [5, 5.41) is 7.92. The summed E-state index contributed by atoms with van der Waals surface area (Å²) in [5.74, 6) is -0.305. The lowest BCUT2D eigenvalue weighted by atomic mass is 10.2. The van der Waals surface area contributed by atoms with Crippen molar-refractivity contribution in [2.75, 3.05) is 5.32 Å². The average Bonchev–Trinajstić information content (AvgIpc) is 3.09. The molecule has 8 heteroatoms. The smallest absolute Gasteiger partial charge is 0.262 e. The summed E-state index contributed by atoms with van der Waals surface area (Å²) >= 11 is 1.42. The van der Waals surface area contributed by atoms with Gasteiger partial charge < -0.3 is 10.6 Å². The summed E-state index contributed by atoms with van der Waals surface area (Å²) in [6.45, 7) is 2.07. The minimum Gasteiger partial charge on any atom is -0.352 e.